The molecule has 0 unspecified atom stereocenters. The van der Waals surface area contributed by atoms with Crippen LogP contribution < -0.4 is 0 Å². The summed E-state index contributed by atoms with van der Waals surface area (Å²) < 4.78 is 2.20. The topological polar surface area (TPSA) is 52.5 Å². The molecule has 0 amide bonds. The minimum atomic E-state index is 0.362. The van der Waals surface area contributed by atoms with Crippen LogP contribution in [0.15, 0.2) is 115 Å². The van der Waals surface area contributed by atoms with Gasteiger partial charge in [-0.1, -0.05) is 84.9 Å². The second kappa shape index (κ2) is 8.34. The Morgan fingerprint density at radius 3 is 1.29 bits per heavy atom. The molecule has 0 bridgehead atoms. The quantitative estimate of drug-likeness (QED) is 0.258. The molecule has 0 aliphatic rings. The Hall–Kier alpha value is -5.12. The first-order valence-electron chi connectivity index (χ1n) is 11.4. The van der Waals surface area contributed by atoms with Gasteiger partial charge in [0.2, 0.25) is 0 Å². The van der Waals surface area contributed by atoms with Gasteiger partial charge in [0.05, 0.1) is 22.2 Å². The summed E-state index contributed by atoms with van der Waals surface area (Å²) in [5, 5.41) is 26.1. The van der Waals surface area contributed by atoms with Gasteiger partial charge in [-0.05, 0) is 51.9 Å². The molecule has 3 nitrogen and oxygen atoms in total. The van der Waals surface area contributed by atoms with Crippen LogP contribution >= 0.6 is 0 Å². The molecule has 0 fully saturated rings. The van der Waals surface area contributed by atoms with E-state index in [1.54, 1.807) is 6.07 Å². The van der Waals surface area contributed by atoms with Gasteiger partial charge >= 0.3 is 0 Å². The Balaban J connectivity index is 2.01. The first-order valence-corrected chi connectivity index (χ1v) is 11.4. The van der Waals surface area contributed by atoms with Crippen molar-refractivity contribution in [2.24, 2.45) is 0 Å². The average Bonchev–Trinajstić information content (AvgIpc) is 2.97. The number of benzene rings is 5. The molecule has 0 radical (unpaired) electrons. The van der Waals surface area contributed by atoms with E-state index < -0.39 is 0 Å². The number of nitrogens with zero attached hydrogens (tertiary/aromatic N) is 3. The predicted molar refractivity (Wildman–Crippen MR) is 143 cm³/mol. The first-order chi connectivity index (χ1) is 17.3. The largest absolute Gasteiger partial charge is 0.309 e. The van der Waals surface area contributed by atoms with E-state index in [4.69, 9.17) is 0 Å². The first kappa shape index (κ1) is 20.5. The zero-order valence-electron chi connectivity index (χ0n) is 18.8. The summed E-state index contributed by atoms with van der Waals surface area (Å²) in [4.78, 5) is 0. The number of nitriles is 2. The van der Waals surface area contributed by atoms with Crippen LogP contribution in [0.1, 0.15) is 11.1 Å². The van der Waals surface area contributed by atoms with Crippen molar-refractivity contribution < 1.29 is 0 Å². The molecule has 0 aliphatic heterocycles. The van der Waals surface area contributed by atoms with Crippen LogP contribution in [0.25, 0.3) is 49.0 Å². The van der Waals surface area contributed by atoms with Crippen molar-refractivity contribution in [3.63, 3.8) is 0 Å². The zero-order chi connectivity index (χ0) is 23.8. The molecule has 0 saturated carbocycles. The number of hydrogen-bond acceptors (Lipinski definition) is 2. The molecule has 162 valence electrons. The van der Waals surface area contributed by atoms with Gasteiger partial charge in [-0.15, -0.1) is 0 Å². The van der Waals surface area contributed by atoms with E-state index in [0.717, 1.165) is 38.3 Å². The van der Waals surface area contributed by atoms with Crippen LogP contribution in [0.2, 0.25) is 0 Å². The number of aromatic nitrogens is 1. The predicted octanol–water partition coefficient (Wildman–Crippen LogP) is 7.96. The van der Waals surface area contributed by atoms with Crippen molar-refractivity contribution in [2.45, 2.75) is 0 Å². The Labute approximate surface area is 202 Å². The Morgan fingerprint density at radius 2 is 0.829 bits per heavy atom. The van der Waals surface area contributed by atoms with Crippen LogP contribution in [0.4, 0.5) is 0 Å². The summed E-state index contributed by atoms with van der Waals surface area (Å²) in [6.45, 7) is 0. The van der Waals surface area contributed by atoms with E-state index >= 15 is 0 Å². The lowest BCUT2D eigenvalue weighted by Crippen LogP contribution is -1.99. The molecule has 1 aromatic heterocycles. The summed E-state index contributed by atoms with van der Waals surface area (Å²) in [5.41, 5.74) is 3.58. The molecule has 35 heavy (non-hydrogen) atoms. The molecule has 1 heterocycles. The summed E-state index contributed by atoms with van der Waals surface area (Å²) in [6.07, 6.45) is 0. The van der Waals surface area contributed by atoms with Gasteiger partial charge in [0, 0.05) is 16.5 Å². The number of para-hydroxylation sites is 2. The molecular formula is C32H19N3. The molecule has 0 spiro atoms. The van der Waals surface area contributed by atoms with Crippen LogP contribution in [0.3, 0.4) is 0 Å². The van der Waals surface area contributed by atoms with Gasteiger partial charge in [-0.2, -0.15) is 10.5 Å². The van der Waals surface area contributed by atoms with Crippen molar-refractivity contribution in [3.8, 4) is 17.8 Å². The van der Waals surface area contributed by atoms with Gasteiger partial charge < -0.3 is 4.57 Å². The van der Waals surface area contributed by atoms with E-state index in [1.165, 1.54) is 10.8 Å². The third kappa shape index (κ3) is 3.27. The smallest absolute Gasteiger partial charge is 0.101 e. The SMILES string of the molecule is N#Cc1ccc(-n2c3ccccc3c3ccccc3c3ccccc3c3ccccc32)cc1C#N. The fraction of sp³-hybridized carbons (Fsp3) is 0. The molecule has 6 aromatic rings. The molecule has 0 aliphatic carbocycles. The van der Waals surface area contributed by atoms with Crippen LogP contribution in [-0.4, -0.2) is 4.57 Å². The summed E-state index contributed by atoms with van der Waals surface area (Å²) in [5.74, 6) is 0. The number of rotatable bonds is 1. The molecule has 0 atom stereocenters. The van der Waals surface area contributed by atoms with Gasteiger partial charge in [0.15, 0.2) is 0 Å². The maximum Gasteiger partial charge on any atom is 0.101 e. The van der Waals surface area contributed by atoms with E-state index in [-0.39, 0.29) is 0 Å². The molecule has 5 aromatic carbocycles. The van der Waals surface area contributed by atoms with Crippen molar-refractivity contribution in [2.75, 3.05) is 0 Å². The maximum atomic E-state index is 9.75. The highest BCUT2D eigenvalue weighted by Gasteiger charge is 2.11. The van der Waals surface area contributed by atoms with E-state index in [2.05, 4.69) is 102 Å². The third-order valence-corrected chi connectivity index (χ3v) is 6.52. The Kier molecular flexibility index (Phi) is 4.88. The standard InChI is InChI=1S/C32H19N3/c33-20-22-17-18-24(19-23(22)21-34)35-31-15-7-5-13-29(31)27-11-3-1-9-25(27)26-10-2-4-12-28(26)30-14-6-8-16-32(30)35/h1-19H. The third-order valence-electron chi connectivity index (χ3n) is 6.52. The zero-order valence-corrected chi connectivity index (χ0v) is 18.8. The van der Waals surface area contributed by atoms with Crippen LogP contribution in [0, 0.1) is 22.7 Å². The fourth-order valence-corrected chi connectivity index (χ4v) is 4.97. The Bertz CT molecular complexity index is 1830. The maximum absolute atomic E-state index is 9.75. The summed E-state index contributed by atoms with van der Waals surface area (Å²) in [6, 6.07) is 43.5. The lowest BCUT2D eigenvalue weighted by Gasteiger charge is -2.14. The van der Waals surface area contributed by atoms with Gasteiger partial charge in [-0.3, -0.25) is 0 Å². The van der Waals surface area contributed by atoms with Gasteiger partial charge in [0.25, 0.3) is 0 Å². The minimum absolute atomic E-state index is 0.362. The van der Waals surface area contributed by atoms with Crippen LogP contribution in [0.5, 0.6) is 0 Å². The normalized spacial score (nSPS) is 10.8. The van der Waals surface area contributed by atoms with Crippen molar-refractivity contribution in [3.05, 3.63) is 126 Å². The van der Waals surface area contributed by atoms with Gasteiger partial charge in [-0.25, -0.2) is 0 Å². The van der Waals surface area contributed by atoms with Crippen molar-refractivity contribution in [1.82, 2.24) is 4.57 Å². The minimum Gasteiger partial charge on any atom is -0.309 e. The van der Waals surface area contributed by atoms with E-state index in [9.17, 15) is 10.5 Å². The second-order valence-electron chi connectivity index (χ2n) is 8.41. The molecular weight excluding hydrogens is 426 g/mol. The lowest BCUT2D eigenvalue weighted by molar-refractivity contribution is 1.16. The molecule has 6 rings (SSSR count). The molecule has 0 N–H and O–H groups in total. The second-order valence-corrected chi connectivity index (χ2v) is 8.41. The Morgan fingerprint density at radius 1 is 0.429 bits per heavy atom. The number of fused-ring (bicyclic) bond motifs is 7. The highest BCUT2D eigenvalue weighted by molar-refractivity contribution is 6.19. The van der Waals surface area contributed by atoms with Crippen molar-refractivity contribution >= 4 is 43.4 Å². The summed E-state index contributed by atoms with van der Waals surface area (Å²) >= 11 is 0. The molecule has 3 heteroatoms. The number of hydrogen-bond donors (Lipinski definition) is 0. The van der Waals surface area contributed by atoms with Crippen LogP contribution in [-0.2, 0) is 0 Å². The fourth-order valence-electron chi connectivity index (χ4n) is 4.97. The molecule has 0 saturated heterocycles. The van der Waals surface area contributed by atoms with E-state index in [1.807, 2.05) is 24.3 Å². The monoisotopic (exact) mass is 445 g/mol. The summed E-state index contributed by atoms with van der Waals surface area (Å²) in [7, 11) is 0. The lowest BCUT2D eigenvalue weighted by atomic mass is 10.0. The van der Waals surface area contributed by atoms with E-state index in [0.29, 0.717) is 11.1 Å². The highest BCUT2D eigenvalue weighted by atomic mass is 15.0. The highest BCUT2D eigenvalue weighted by Crippen LogP contribution is 2.34. The van der Waals surface area contributed by atoms with Gasteiger partial charge in [0.1, 0.15) is 12.1 Å². The van der Waals surface area contributed by atoms with Crippen molar-refractivity contribution in [1.29, 1.82) is 10.5 Å². The average molecular weight is 446 g/mol.